The van der Waals surface area contributed by atoms with Crippen LogP contribution in [0.3, 0.4) is 0 Å². The van der Waals surface area contributed by atoms with E-state index in [9.17, 15) is 4.79 Å². The van der Waals surface area contributed by atoms with Crippen LogP contribution in [0.25, 0.3) is 11.5 Å². The zero-order valence-electron chi connectivity index (χ0n) is 11.1. The van der Waals surface area contributed by atoms with Crippen LogP contribution in [0.1, 0.15) is 29.8 Å². The molecule has 2 N–H and O–H groups in total. The number of carbonyl (C=O) groups excluding carboxylic acids is 1. The summed E-state index contributed by atoms with van der Waals surface area (Å²) in [5.41, 5.74) is 8.04. The van der Waals surface area contributed by atoms with Gasteiger partial charge in [0.2, 0.25) is 5.89 Å². The fourth-order valence-corrected chi connectivity index (χ4v) is 1.75. The Bertz CT molecular complexity index is 589. The van der Waals surface area contributed by atoms with Crippen molar-refractivity contribution in [3.8, 4) is 11.5 Å². The molecule has 5 nitrogen and oxygen atoms in total. The van der Waals surface area contributed by atoms with Crippen LogP contribution >= 0.6 is 0 Å². The number of anilines is 1. The van der Waals surface area contributed by atoms with Crippen LogP contribution in [0.2, 0.25) is 0 Å². The SMILES string of the molecule is Cc1ccc(-c2ncco2)c(C(=O)OC(C)C)c1N. The molecule has 1 aromatic heterocycles. The first-order chi connectivity index (χ1) is 9.00. The van der Waals surface area contributed by atoms with Crippen LogP contribution in [-0.2, 0) is 4.74 Å². The fraction of sp³-hybridized carbons (Fsp3) is 0.286. The molecule has 2 rings (SSSR count). The highest BCUT2D eigenvalue weighted by Gasteiger charge is 2.22. The third kappa shape index (κ3) is 2.59. The number of aryl methyl sites for hydroxylation is 1. The number of nitrogens with zero attached hydrogens (tertiary/aromatic N) is 1. The van der Waals surface area contributed by atoms with Crippen LogP contribution in [0.4, 0.5) is 5.69 Å². The number of aromatic nitrogens is 1. The van der Waals surface area contributed by atoms with E-state index in [1.54, 1.807) is 19.9 Å². The maximum atomic E-state index is 12.2. The highest BCUT2D eigenvalue weighted by Crippen LogP contribution is 2.30. The number of rotatable bonds is 3. The molecule has 0 fully saturated rings. The van der Waals surface area contributed by atoms with Gasteiger partial charge in [0, 0.05) is 5.69 Å². The number of carbonyl (C=O) groups is 1. The maximum Gasteiger partial charge on any atom is 0.341 e. The summed E-state index contributed by atoms with van der Waals surface area (Å²) in [6.07, 6.45) is 2.75. The number of nitrogens with two attached hydrogens (primary N) is 1. The van der Waals surface area contributed by atoms with Gasteiger partial charge in [0.15, 0.2) is 0 Å². The number of hydrogen-bond acceptors (Lipinski definition) is 5. The first kappa shape index (κ1) is 13.1. The van der Waals surface area contributed by atoms with E-state index >= 15 is 0 Å². The van der Waals surface area contributed by atoms with Crippen LogP contribution < -0.4 is 5.73 Å². The van der Waals surface area contributed by atoms with Crippen molar-refractivity contribution in [2.45, 2.75) is 26.9 Å². The summed E-state index contributed by atoms with van der Waals surface area (Å²) in [7, 11) is 0. The van der Waals surface area contributed by atoms with Gasteiger partial charge in [-0.1, -0.05) is 6.07 Å². The van der Waals surface area contributed by atoms with Crippen molar-refractivity contribution in [2.75, 3.05) is 5.73 Å². The number of esters is 1. The summed E-state index contributed by atoms with van der Waals surface area (Å²) in [4.78, 5) is 16.2. The summed E-state index contributed by atoms with van der Waals surface area (Å²) in [6.45, 7) is 5.41. The number of oxazole rings is 1. The summed E-state index contributed by atoms with van der Waals surface area (Å²) < 4.78 is 10.5. The molecule has 0 atom stereocenters. The second-order valence-electron chi connectivity index (χ2n) is 4.51. The average molecular weight is 260 g/mol. The Morgan fingerprint density at radius 3 is 2.74 bits per heavy atom. The third-order valence-electron chi connectivity index (χ3n) is 2.67. The molecule has 0 unspecified atom stereocenters. The monoisotopic (exact) mass is 260 g/mol. The average Bonchev–Trinajstić information content (AvgIpc) is 2.84. The second kappa shape index (κ2) is 5.14. The Balaban J connectivity index is 2.56. The van der Waals surface area contributed by atoms with Gasteiger partial charge >= 0.3 is 5.97 Å². The van der Waals surface area contributed by atoms with Crippen molar-refractivity contribution in [1.82, 2.24) is 4.98 Å². The Hall–Kier alpha value is -2.30. The molecular weight excluding hydrogens is 244 g/mol. The number of nitrogen functional groups attached to an aromatic ring is 1. The van der Waals surface area contributed by atoms with Crippen LogP contribution in [0, 0.1) is 6.92 Å². The molecule has 19 heavy (non-hydrogen) atoms. The van der Waals surface area contributed by atoms with E-state index in [2.05, 4.69) is 4.98 Å². The van der Waals surface area contributed by atoms with Gasteiger partial charge < -0.3 is 14.9 Å². The largest absolute Gasteiger partial charge is 0.459 e. The van der Waals surface area contributed by atoms with Crippen molar-refractivity contribution < 1.29 is 13.9 Å². The normalized spacial score (nSPS) is 10.7. The van der Waals surface area contributed by atoms with Crippen molar-refractivity contribution in [2.24, 2.45) is 0 Å². The zero-order chi connectivity index (χ0) is 14.0. The predicted molar refractivity (Wildman–Crippen MR) is 71.6 cm³/mol. The van der Waals surface area contributed by atoms with Gasteiger partial charge in [-0.3, -0.25) is 0 Å². The highest BCUT2D eigenvalue weighted by atomic mass is 16.5. The molecule has 0 saturated carbocycles. The first-order valence-electron chi connectivity index (χ1n) is 6.00. The molecule has 1 heterocycles. The topological polar surface area (TPSA) is 78.3 Å². The molecule has 0 aliphatic rings. The lowest BCUT2D eigenvalue weighted by atomic mass is 10.0. The maximum absolute atomic E-state index is 12.2. The fourth-order valence-electron chi connectivity index (χ4n) is 1.75. The molecule has 1 aromatic carbocycles. The lowest BCUT2D eigenvalue weighted by molar-refractivity contribution is 0.0380. The van der Waals surface area contributed by atoms with Crippen molar-refractivity contribution in [1.29, 1.82) is 0 Å². The van der Waals surface area contributed by atoms with Gasteiger partial charge in [0.25, 0.3) is 0 Å². The van der Waals surface area contributed by atoms with E-state index in [-0.39, 0.29) is 6.10 Å². The quantitative estimate of drug-likeness (QED) is 0.678. The van der Waals surface area contributed by atoms with Gasteiger partial charge in [-0.15, -0.1) is 0 Å². The van der Waals surface area contributed by atoms with Gasteiger partial charge in [-0.2, -0.15) is 0 Å². The van der Waals surface area contributed by atoms with E-state index in [0.717, 1.165) is 5.56 Å². The van der Waals surface area contributed by atoms with Gasteiger partial charge in [0.05, 0.1) is 23.4 Å². The van der Waals surface area contributed by atoms with E-state index < -0.39 is 5.97 Å². The Morgan fingerprint density at radius 2 is 2.16 bits per heavy atom. The van der Waals surface area contributed by atoms with E-state index in [0.29, 0.717) is 22.7 Å². The summed E-state index contributed by atoms with van der Waals surface area (Å²) in [5.74, 6) is -0.119. The summed E-state index contributed by atoms with van der Waals surface area (Å²) in [6, 6.07) is 3.58. The molecule has 5 heteroatoms. The Labute approximate surface area is 111 Å². The molecule has 100 valence electrons. The molecular formula is C14H16N2O3. The smallest absolute Gasteiger partial charge is 0.341 e. The van der Waals surface area contributed by atoms with E-state index in [1.165, 1.54) is 12.5 Å². The molecule has 0 spiro atoms. The Morgan fingerprint density at radius 1 is 1.42 bits per heavy atom. The molecule has 2 aromatic rings. The minimum Gasteiger partial charge on any atom is -0.459 e. The molecule has 0 saturated heterocycles. The predicted octanol–water partition coefficient (Wildman–Crippen LogP) is 2.80. The minimum atomic E-state index is -0.468. The van der Waals surface area contributed by atoms with Crippen molar-refractivity contribution >= 4 is 11.7 Å². The van der Waals surface area contributed by atoms with Crippen LogP contribution in [0.5, 0.6) is 0 Å². The molecule has 0 amide bonds. The third-order valence-corrected chi connectivity index (χ3v) is 2.67. The lowest BCUT2D eigenvalue weighted by Crippen LogP contribution is -2.15. The number of benzene rings is 1. The van der Waals surface area contributed by atoms with Gasteiger partial charge in [0.1, 0.15) is 6.26 Å². The number of hydrogen-bond donors (Lipinski definition) is 1. The molecule has 0 aliphatic carbocycles. The Kier molecular flexibility index (Phi) is 3.55. The van der Waals surface area contributed by atoms with Gasteiger partial charge in [-0.05, 0) is 32.4 Å². The second-order valence-corrected chi connectivity index (χ2v) is 4.51. The van der Waals surface area contributed by atoms with Crippen molar-refractivity contribution in [3.63, 3.8) is 0 Å². The van der Waals surface area contributed by atoms with Crippen LogP contribution in [0.15, 0.2) is 29.0 Å². The molecule has 0 radical (unpaired) electrons. The summed E-state index contributed by atoms with van der Waals surface area (Å²) >= 11 is 0. The van der Waals surface area contributed by atoms with E-state index in [1.807, 2.05) is 13.0 Å². The van der Waals surface area contributed by atoms with Crippen molar-refractivity contribution in [3.05, 3.63) is 35.7 Å². The first-order valence-corrected chi connectivity index (χ1v) is 6.00. The van der Waals surface area contributed by atoms with Crippen LogP contribution in [-0.4, -0.2) is 17.1 Å². The highest BCUT2D eigenvalue weighted by molar-refractivity contribution is 6.02. The molecule has 0 bridgehead atoms. The zero-order valence-corrected chi connectivity index (χ0v) is 11.1. The van der Waals surface area contributed by atoms with E-state index in [4.69, 9.17) is 14.9 Å². The minimum absolute atomic E-state index is 0.218. The van der Waals surface area contributed by atoms with Gasteiger partial charge in [-0.25, -0.2) is 9.78 Å². The summed E-state index contributed by atoms with van der Waals surface area (Å²) in [5, 5.41) is 0. The molecule has 0 aliphatic heterocycles. The number of ether oxygens (including phenoxy) is 1. The lowest BCUT2D eigenvalue weighted by Gasteiger charge is -2.13. The standard InChI is InChI=1S/C14H16N2O3/c1-8(2)19-14(17)11-10(13-16-6-7-18-13)5-4-9(3)12(11)15/h4-8H,15H2,1-3H3.